The molecule has 1 aliphatic carbocycles. The van der Waals surface area contributed by atoms with Gasteiger partial charge in [0.15, 0.2) is 0 Å². The number of aromatic amines is 1. The maximum atomic E-state index is 9.53. The van der Waals surface area contributed by atoms with E-state index in [-0.39, 0.29) is 17.7 Å². The Hall–Kier alpha value is -2.22. The molecule has 3 N–H and O–H groups in total. The maximum Gasteiger partial charge on any atom is 0.243 e. The molecule has 0 bridgehead atoms. The number of nitrogens with zero attached hydrogens (tertiary/aromatic N) is 2. The lowest BCUT2D eigenvalue weighted by Crippen LogP contribution is -2.25. The summed E-state index contributed by atoms with van der Waals surface area (Å²) in [5, 5.41) is 16.8. The number of nitrogens with one attached hydrogen (secondary N) is 1. The van der Waals surface area contributed by atoms with Gasteiger partial charge in [-0.25, -0.2) is 0 Å². The van der Waals surface area contributed by atoms with Crippen molar-refractivity contribution in [3.05, 3.63) is 34.9 Å². The first-order valence-corrected chi connectivity index (χ1v) is 7.45. The highest BCUT2D eigenvalue weighted by Crippen LogP contribution is 2.47. The first-order valence-electron chi connectivity index (χ1n) is 7.45. The molecule has 3 rings (SSSR count). The van der Waals surface area contributed by atoms with Crippen LogP contribution in [-0.4, -0.2) is 10.2 Å². The number of H-pyrrole nitrogens is 1. The molecule has 1 aliphatic heterocycles. The molecule has 0 aromatic carbocycles. The summed E-state index contributed by atoms with van der Waals surface area (Å²) in [5.74, 6) is 1.24. The molecule has 2 heterocycles. The average Bonchev–Trinajstić information content (AvgIpc) is 2.90. The van der Waals surface area contributed by atoms with Crippen LogP contribution in [0.5, 0.6) is 5.88 Å². The molecule has 0 spiro atoms. The zero-order valence-corrected chi connectivity index (χ0v) is 12.4. The van der Waals surface area contributed by atoms with E-state index in [0.29, 0.717) is 17.4 Å². The van der Waals surface area contributed by atoms with E-state index >= 15 is 0 Å². The van der Waals surface area contributed by atoms with Crippen LogP contribution in [-0.2, 0) is 0 Å². The summed E-state index contributed by atoms with van der Waals surface area (Å²) in [5.41, 5.74) is 8.52. The lowest BCUT2D eigenvalue weighted by atomic mass is 9.75. The van der Waals surface area contributed by atoms with E-state index in [4.69, 9.17) is 10.5 Å². The fraction of sp³-hybridized carbons (Fsp3) is 0.500. The van der Waals surface area contributed by atoms with Gasteiger partial charge in [0.05, 0.1) is 5.57 Å². The minimum absolute atomic E-state index is 0.0496. The Morgan fingerprint density at radius 1 is 1.52 bits per heavy atom. The van der Waals surface area contributed by atoms with Gasteiger partial charge >= 0.3 is 0 Å². The van der Waals surface area contributed by atoms with Gasteiger partial charge in [-0.2, -0.15) is 5.26 Å². The summed E-state index contributed by atoms with van der Waals surface area (Å²) < 4.78 is 5.56. The number of hydrogen-bond donors (Lipinski definition) is 2. The Labute approximate surface area is 124 Å². The van der Waals surface area contributed by atoms with Crippen LogP contribution >= 0.6 is 0 Å². The van der Waals surface area contributed by atoms with Gasteiger partial charge in [-0.05, 0) is 31.1 Å². The number of ether oxygens (including phenoxy) is 1. The zero-order valence-electron chi connectivity index (χ0n) is 12.4. The first-order chi connectivity index (χ1) is 10.1. The van der Waals surface area contributed by atoms with Crippen molar-refractivity contribution in [1.82, 2.24) is 10.2 Å². The van der Waals surface area contributed by atoms with Gasteiger partial charge in [-0.15, -0.1) is 5.10 Å². The van der Waals surface area contributed by atoms with Crippen LogP contribution in [0, 0.1) is 17.2 Å². The van der Waals surface area contributed by atoms with Crippen molar-refractivity contribution in [2.24, 2.45) is 11.7 Å². The second kappa shape index (κ2) is 5.28. The monoisotopic (exact) mass is 284 g/mol. The summed E-state index contributed by atoms with van der Waals surface area (Å²) in [6, 6.07) is 2.25. The van der Waals surface area contributed by atoms with E-state index < -0.39 is 0 Å². The van der Waals surface area contributed by atoms with Gasteiger partial charge in [-0.3, -0.25) is 5.10 Å². The molecule has 0 saturated heterocycles. The number of rotatable bonds is 2. The zero-order chi connectivity index (χ0) is 15.0. The molecule has 110 valence electrons. The van der Waals surface area contributed by atoms with E-state index in [2.05, 4.69) is 42.3 Å². The second-order valence-corrected chi connectivity index (χ2v) is 6.00. The van der Waals surface area contributed by atoms with E-state index in [0.717, 1.165) is 30.5 Å². The molecule has 1 aromatic rings. The minimum Gasteiger partial charge on any atom is -0.420 e. The normalized spacial score (nSPS) is 24.7. The fourth-order valence-electron chi connectivity index (χ4n) is 3.29. The Morgan fingerprint density at radius 3 is 2.95 bits per heavy atom. The fourth-order valence-corrected chi connectivity index (χ4v) is 3.29. The summed E-state index contributed by atoms with van der Waals surface area (Å²) in [6.07, 6.45) is 7.72. The van der Waals surface area contributed by atoms with Gasteiger partial charge in [0.2, 0.25) is 11.8 Å². The van der Waals surface area contributed by atoms with Gasteiger partial charge in [-0.1, -0.05) is 26.0 Å². The summed E-state index contributed by atoms with van der Waals surface area (Å²) in [7, 11) is 0. The van der Waals surface area contributed by atoms with Crippen LogP contribution in [0.1, 0.15) is 56.2 Å². The molecule has 0 fully saturated rings. The van der Waals surface area contributed by atoms with Gasteiger partial charge in [0.25, 0.3) is 0 Å². The number of allylic oxidation sites excluding steroid dienone is 3. The van der Waals surface area contributed by atoms with Crippen molar-refractivity contribution in [2.45, 2.75) is 44.9 Å². The van der Waals surface area contributed by atoms with Crippen molar-refractivity contribution in [1.29, 1.82) is 5.26 Å². The molecule has 5 nitrogen and oxygen atoms in total. The highest BCUT2D eigenvalue weighted by Gasteiger charge is 2.38. The molecule has 1 aromatic heterocycles. The van der Waals surface area contributed by atoms with Crippen LogP contribution in [0.25, 0.3) is 0 Å². The molecule has 2 aliphatic rings. The predicted octanol–water partition coefficient (Wildman–Crippen LogP) is 3.06. The van der Waals surface area contributed by atoms with E-state index in [1.54, 1.807) is 0 Å². The highest BCUT2D eigenvalue weighted by molar-refractivity contribution is 5.50. The molecule has 0 saturated carbocycles. The quantitative estimate of drug-likeness (QED) is 0.817. The van der Waals surface area contributed by atoms with Crippen molar-refractivity contribution in [2.75, 3.05) is 0 Å². The van der Waals surface area contributed by atoms with E-state index in [1.165, 1.54) is 0 Å². The number of nitrogens with two attached hydrogens (primary N) is 1. The third-order valence-corrected chi connectivity index (χ3v) is 4.31. The topological polar surface area (TPSA) is 87.7 Å². The number of hydrogen-bond acceptors (Lipinski definition) is 4. The van der Waals surface area contributed by atoms with Crippen molar-refractivity contribution >= 4 is 0 Å². The number of aromatic nitrogens is 2. The summed E-state index contributed by atoms with van der Waals surface area (Å²) in [4.78, 5) is 0. The standard InChI is InChI=1S/C16H20N4O/c1-9(2)14-13-12(10-6-4-3-5-7-10)11(8-17)15(18)21-16(13)20-19-14/h4,6,9-10,12H,3,5,7,18H2,1-2H3,(H,19,20)/t10-,12+/m1/s1. The lowest BCUT2D eigenvalue weighted by Gasteiger charge is -2.30. The predicted molar refractivity (Wildman–Crippen MR) is 79.4 cm³/mol. The summed E-state index contributed by atoms with van der Waals surface area (Å²) in [6.45, 7) is 4.21. The first kappa shape index (κ1) is 13.7. The molecular weight excluding hydrogens is 264 g/mol. The molecule has 0 radical (unpaired) electrons. The molecule has 21 heavy (non-hydrogen) atoms. The van der Waals surface area contributed by atoms with Gasteiger partial charge < -0.3 is 10.5 Å². The Balaban J connectivity index is 2.14. The van der Waals surface area contributed by atoms with E-state index in [1.807, 2.05) is 0 Å². The van der Waals surface area contributed by atoms with Crippen molar-refractivity contribution in [3.8, 4) is 11.9 Å². The average molecular weight is 284 g/mol. The van der Waals surface area contributed by atoms with Crippen LogP contribution < -0.4 is 10.5 Å². The Morgan fingerprint density at radius 2 is 2.33 bits per heavy atom. The molecular formula is C16H20N4O. The van der Waals surface area contributed by atoms with Crippen molar-refractivity contribution in [3.63, 3.8) is 0 Å². The van der Waals surface area contributed by atoms with Crippen LogP contribution in [0.3, 0.4) is 0 Å². The van der Waals surface area contributed by atoms with E-state index in [9.17, 15) is 5.26 Å². The molecule has 0 amide bonds. The minimum atomic E-state index is -0.0496. The lowest BCUT2D eigenvalue weighted by molar-refractivity contribution is 0.354. The SMILES string of the molecule is CC(C)c1[nH]nc2c1[C@@H]([C@@H]1C=CCCC1)C(C#N)=C(N)O2. The Kier molecular flexibility index (Phi) is 3.46. The van der Waals surface area contributed by atoms with Crippen LogP contribution in [0.15, 0.2) is 23.6 Å². The second-order valence-electron chi connectivity index (χ2n) is 6.00. The van der Waals surface area contributed by atoms with Gasteiger partial charge in [0.1, 0.15) is 6.07 Å². The van der Waals surface area contributed by atoms with Crippen LogP contribution in [0.4, 0.5) is 0 Å². The Bertz CT molecular complexity index is 648. The number of fused-ring (bicyclic) bond motifs is 1. The third kappa shape index (κ3) is 2.21. The maximum absolute atomic E-state index is 9.53. The smallest absolute Gasteiger partial charge is 0.243 e. The van der Waals surface area contributed by atoms with Crippen LogP contribution in [0.2, 0.25) is 0 Å². The highest BCUT2D eigenvalue weighted by atomic mass is 16.5. The number of nitriles is 1. The summed E-state index contributed by atoms with van der Waals surface area (Å²) >= 11 is 0. The molecule has 5 heteroatoms. The van der Waals surface area contributed by atoms with Crippen molar-refractivity contribution < 1.29 is 4.74 Å². The van der Waals surface area contributed by atoms with Gasteiger partial charge in [0, 0.05) is 17.2 Å². The third-order valence-electron chi connectivity index (χ3n) is 4.31. The largest absolute Gasteiger partial charge is 0.420 e. The molecule has 0 unspecified atom stereocenters. The molecule has 2 atom stereocenters.